The van der Waals surface area contributed by atoms with E-state index in [9.17, 15) is 18.4 Å². The van der Waals surface area contributed by atoms with Crippen LogP contribution < -0.4 is 11.0 Å². The highest BCUT2D eigenvalue weighted by atomic mass is 32.2. The number of anilines is 1. The lowest BCUT2D eigenvalue weighted by atomic mass is 10.2. The van der Waals surface area contributed by atoms with Crippen molar-refractivity contribution in [3.8, 4) is 0 Å². The molecular formula is C21H18F2N4O2S. The zero-order chi connectivity index (χ0) is 21.1. The van der Waals surface area contributed by atoms with Gasteiger partial charge in [-0.3, -0.25) is 14.3 Å². The molecule has 1 aliphatic rings. The Morgan fingerprint density at radius 1 is 1.13 bits per heavy atom. The van der Waals surface area contributed by atoms with Crippen molar-refractivity contribution in [3.63, 3.8) is 0 Å². The van der Waals surface area contributed by atoms with Crippen LogP contribution in [0.2, 0.25) is 0 Å². The smallest absolute Gasteiger partial charge is 0.325 e. The third-order valence-electron chi connectivity index (χ3n) is 4.83. The zero-order valence-electron chi connectivity index (χ0n) is 15.9. The maximum absolute atomic E-state index is 13.3. The molecule has 0 radical (unpaired) electrons. The number of carbonyl (C=O) groups excluding carboxylic acids is 1. The van der Waals surface area contributed by atoms with Crippen molar-refractivity contribution in [1.82, 2.24) is 14.5 Å². The minimum absolute atomic E-state index is 0.00619. The van der Waals surface area contributed by atoms with Gasteiger partial charge in [0.25, 0.3) is 0 Å². The highest BCUT2D eigenvalue weighted by Crippen LogP contribution is 2.29. The first-order valence-electron chi connectivity index (χ1n) is 9.40. The van der Waals surface area contributed by atoms with Gasteiger partial charge in [0.15, 0.2) is 11.6 Å². The van der Waals surface area contributed by atoms with Gasteiger partial charge in [0.2, 0.25) is 5.91 Å². The maximum atomic E-state index is 13.3. The molecule has 2 aromatic heterocycles. The van der Waals surface area contributed by atoms with Crippen molar-refractivity contribution in [2.75, 3.05) is 11.1 Å². The average molecular weight is 428 g/mol. The van der Waals surface area contributed by atoms with Crippen LogP contribution >= 0.6 is 11.8 Å². The van der Waals surface area contributed by atoms with E-state index in [1.54, 1.807) is 17.0 Å². The molecule has 3 aromatic rings. The van der Waals surface area contributed by atoms with Crippen LogP contribution in [0.5, 0.6) is 0 Å². The van der Waals surface area contributed by atoms with Gasteiger partial charge in [0, 0.05) is 35.4 Å². The maximum Gasteiger partial charge on any atom is 0.349 e. The molecule has 0 atom stereocenters. The minimum atomic E-state index is -1.03. The highest BCUT2D eigenvalue weighted by molar-refractivity contribution is 8.00. The van der Waals surface area contributed by atoms with Crippen LogP contribution in [0.25, 0.3) is 0 Å². The molecule has 1 N–H and O–H groups in total. The largest absolute Gasteiger partial charge is 0.349 e. The van der Waals surface area contributed by atoms with Gasteiger partial charge >= 0.3 is 5.69 Å². The summed E-state index contributed by atoms with van der Waals surface area (Å²) in [6, 6.07) is 6.89. The molecule has 0 unspecified atom stereocenters. The SMILES string of the molecule is O=C(CSc1nc(=O)n(Cc2ccncc2)c2c1CCC2)Nc1ccc(F)c(F)c1. The molecule has 4 rings (SSSR count). The van der Waals surface area contributed by atoms with Crippen molar-refractivity contribution < 1.29 is 13.6 Å². The van der Waals surface area contributed by atoms with E-state index in [1.165, 1.54) is 17.8 Å². The Labute approximate surface area is 175 Å². The van der Waals surface area contributed by atoms with E-state index >= 15 is 0 Å². The number of halogens is 2. The lowest BCUT2D eigenvalue weighted by Crippen LogP contribution is -2.28. The third kappa shape index (κ3) is 4.40. The molecule has 154 valence electrons. The first kappa shape index (κ1) is 20.2. The highest BCUT2D eigenvalue weighted by Gasteiger charge is 2.22. The summed E-state index contributed by atoms with van der Waals surface area (Å²) >= 11 is 1.18. The number of fused-ring (bicyclic) bond motifs is 1. The van der Waals surface area contributed by atoms with Crippen LogP contribution in [0.15, 0.2) is 52.5 Å². The van der Waals surface area contributed by atoms with E-state index in [0.717, 1.165) is 48.2 Å². The van der Waals surface area contributed by atoms with Gasteiger partial charge in [0.05, 0.1) is 12.3 Å². The summed E-state index contributed by atoms with van der Waals surface area (Å²) in [4.78, 5) is 33.1. The molecule has 30 heavy (non-hydrogen) atoms. The lowest BCUT2D eigenvalue weighted by molar-refractivity contribution is -0.113. The van der Waals surface area contributed by atoms with Crippen molar-refractivity contribution in [1.29, 1.82) is 0 Å². The quantitative estimate of drug-likeness (QED) is 0.482. The lowest BCUT2D eigenvalue weighted by Gasteiger charge is -2.14. The van der Waals surface area contributed by atoms with Crippen molar-refractivity contribution >= 4 is 23.4 Å². The summed E-state index contributed by atoms with van der Waals surface area (Å²) in [6.45, 7) is 0.429. The van der Waals surface area contributed by atoms with E-state index in [4.69, 9.17) is 0 Å². The van der Waals surface area contributed by atoms with Crippen LogP contribution in [-0.2, 0) is 24.2 Å². The molecule has 0 saturated carbocycles. The Morgan fingerprint density at radius 2 is 1.93 bits per heavy atom. The molecule has 9 heteroatoms. The normalized spacial score (nSPS) is 12.6. The number of hydrogen-bond donors (Lipinski definition) is 1. The summed E-state index contributed by atoms with van der Waals surface area (Å²) in [5.41, 5.74) is 2.74. The van der Waals surface area contributed by atoms with E-state index < -0.39 is 11.6 Å². The molecule has 1 aromatic carbocycles. The van der Waals surface area contributed by atoms with Crippen LogP contribution in [0.4, 0.5) is 14.5 Å². The molecular weight excluding hydrogens is 410 g/mol. The summed E-state index contributed by atoms with van der Waals surface area (Å²) in [5, 5.41) is 3.08. The van der Waals surface area contributed by atoms with Gasteiger partial charge in [-0.05, 0) is 49.1 Å². The Kier molecular flexibility index (Phi) is 5.89. The first-order chi connectivity index (χ1) is 14.5. The van der Waals surface area contributed by atoms with Crippen LogP contribution in [-0.4, -0.2) is 26.2 Å². The van der Waals surface area contributed by atoms with E-state index in [2.05, 4.69) is 15.3 Å². The van der Waals surface area contributed by atoms with E-state index in [0.29, 0.717) is 11.6 Å². The molecule has 0 bridgehead atoms. The average Bonchev–Trinajstić information content (AvgIpc) is 3.22. The van der Waals surface area contributed by atoms with Crippen molar-refractivity contribution in [2.45, 2.75) is 30.8 Å². The number of benzene rings is 1. The standard InChI is InChI=1S/C21H18F2N4O2S/c22-16-5-4-14(10-17(16)23)25-19(28)12-30-20-15-2-1-3-18(15)27(21(29)26-20)11-13-6-8-24-9-7-13/h4-10H,1-3,11-12H2,(H,25,28). The zero-order valence-corrected chi connectivity index (χ0v) is 16.7. The van der Waals surface area contributed by atoms with Crippen molar-refractivity contribution in [2.24, 2.45) is 0 Å². The first-order valence-corrected chi connectivity index (χ1v) is 10.4. The van der Waals surface area contributed by atoms with Gasteiger partial charge in [-0.15, -0.1) is 0 Å². The molecule has 6 nitrogen and oxygen atoms in total. The predicted molar refractivity (Wildman–Crippen MR) is 110 cm³/mol. The molecule has 0 saturated heterocycles. The van der Waals surface area contributed by atoms with Crippen LogP contribution in [0.1, 0.15) is 23.2 Å². The number of aromatic nitrogens is 3. The number of amides is 1. The van der Waals surface area contributed by atoms with Gasteiger partial charge in [0.1, 0.15) is 5.03 Å². The predicted octanol–water partition coefficient (Wildman–Crippen LogP) is 3.18. The number of carbonyl (C=O) groups is 1. The minimum Gasteiger partial charge on any atom is -0.325 e. The Hall–Kier alpha value is -3.07. The van der Waals surface area contributed by atoms with Crippen molar-refractivity contribution in [3.05, 3.63) is 81.7 Å². The van der Waals surface area contributed by atoms with Crippen LogP contribution in [0, 0.1) is 11.6 Å². The van der Waals surface area contributed by atoms with Gasteiger partial charge < -0.3 is 5.32 Å². The fraction of sp³-hybridized carbons (Fsp3) is 0.238. The van der Waals surface area contributed by atoms with Crippen LogP contribution in [0.3, 0.4) is 0 Å². The number of rotatable bonds is 6. The van der Waals surface area contributed by atoms with Gasteiger partial charge in [-0.25, -0.2) is 13.6 Å². The summed E-state index contributed by atoms with van der Waals surface area (Å²) in [6.07, 6.45) is 5.87. The Balaban J connectivity index is 1.49. The second-order valence-electron chi connectivity index (χ2n) is 6.89. The van der Waals surface area contributed by atoms with E-state index in [-0.39, 0.29) is 23.0 Å². The monoisotopic (exact) mass is 428 g/mol. The Morgan fingerprint density at radius 3 is 2.70 bits per heavy atom. The molecule has 0 aliphatic heterocycles. The molecule has 0 fully saturated rings. The second-order valence-corrected chi connectivity index (χ2v) is 7.85. The number of thioether (sulfide) groups is 1. The number of nitrogens with one attached hydrogen (secondary N) is 1. The summed E-state index contributed by atoms with van der Waals surface area (Å²) < 4.78 is 28.0. The number of pyridine rings is 1. The van der Waals surface area contributed by atoms with Gasteiger partial charge in [-0.2, -0.15) is 4.98 Å². The molecule has 1 amide bonds. The summed E-state index contributed by atoms with van der Waals surface area (Å²) in [7, 11) is 0. The number of nitrogens with zero attached hydrogens (tertiary/aromatic N) is 3. The third-order valence-corrected chi connectivity index (χ3v) is 5.85. The fourth-order valence-corrected chi connectivity index (χ4v) is 4.32. The molecule has 2 heterocycles. The molecule has 0 spiro atoms. The van der Waals surface area contributed by atoms with E-state index in [1.807, 2.05) is 12.1 Å². The van der Waals surface area contributed by atoms with Gasteiger partial charge in [-0.1, -0.05) is 11.8 Å². The molecule has 1 aliphatic carbocycles. The fourth-order valence-electron chi connectivity index (χ4n) is 3.44. The second kappa shape index (κ2) is 8.74. The number of hydrogen-bond acceptors (Lipinski definition) is 5. The Bertz CT molecular complexity index is 1150. The summed E-state index contributed by atoms with van der Waals surface area (Å²) in [5.74, 6) is -2.39. The topological polar surface area (TPSA) is 76.9 Å².